The van der Waals surface area contributed by atoms with Gasteiger partial charge in [0.1, 0.15) is 5.75 Å². The Labute approximate surface area is 118 Å². The number of carbonyl (C=O) groups excluding carboxylic acids is 1. The van der Waals surface area contributed by atoms with Gasteiger partial charge in [-0.1, -0.05) is 26.0 Å². The number of nitrogens with two attached hydrogens (primary N) is 2. The van der Waals surface area contributed by atoms with E-state index in [4.69, 9.17) is 16.2 Å². The molecule has 1 aliphatic carbocycles. The van der Waals surface area contributed by atoms with Gasteiger partial charge in [0, 0.05) is 17.9 Å². The molecule has 0 saturated heterocycles. The second-order valence-corrected chi connectivity index (χ2v) is 6.07. The first kappa shape index (κ1) is 13.0. The summed E-state index contributed by atoms with van der Waals surface area (Å²) < 4.78 is 5.59. The van der Waals surface area contributed by atoms with Crippen LogP contribution in [-0.2, 0) is 11.2 Å². The van der Waals surface area contributed by atoms with Crippen LogP contribution in [0.25, 0.3) is 0 Å². The third-order valence-electron chi connectivity index (χ3n) is 4.45. The van der Waals surface area contributed by atoms with E-state index in [1.807, 2.05) is 12.1 Å². The van der Waals surface area contributed by atoms with E-state index in [1.54, 1.807) is 0 Å². The minimum absolute atomic E-state index is 0.117. The molecule has 0 aromatic heterocycles. The second kappa shape index (κ2) is 4.23. The molecular formula is C15H19N3O2. The maximum Gasteiger partial charge on any atom is 0.253 e. The molecule has 5 heteroatoms. The summed E-state index contributed by atoms with van der Waals surface area (Å²) in [4.78, 5) is 15.8. The summed E-state index contributed by atoms with van der Waals surface area (Å²) in [6.07, 6.45) is 0.904. The molecular weight excluding hydrogens is 254 g/mol. The van der Waals surface area contributed by atoms with Gasteiger partial charge in [-0.2, -0.15) is 4.99 Å². The molecule has 5 nitrogen and oxygen atoms in total. The zero-order chi connectivity index (χ0) is 14.5. The van der Waals surface area contributed by atoms with Crippen molar-refractivity contribution in [3.05, 3.63) is 29.3 Å². The zero-order valence-corrected chi connectivity index (χ0v) is 11.7. The van der Waals surface area contributed by atoms with Crippen molar-refractivity contribution in [3.63, 3.8) is 0 Å². The van der Waals surface area contributed by atoms with Gasteiger partial charge in [0.25, 0.3) is 5.91 Å². The third kappa shape index (κ3) is 1.85. The van der Waals surface area contributed by atoms with Crippen LogP contribution in [0.4, 0.5) is 0 Å². The van der Waals surface area contributed by atoms with Gasteiger partial charge < -0.3 is 16.2 Å². The summed E-state index contributed by atoms with van der Waals surface area (Å²) in [7, 11) is 0. The van der Waals surface area contributed by atoms with Crippen molar-refractivity contribution in [1.82, 2.24) is 0 Å². The van der Waals surface area contributed by atoms with Gasteiger partial charge in [0.15, 0.2) is 5.96 Å². The monoisotopic (exact) mass is 273 g/mol. The fourth-order valence-corrected chi connectivity index (χ4v) is 3.42. The fraction of sp³-hybridized carbons (Fsp3) is 0.467. The average molecular weight is 273 g/mol. The largest absolute Gasteiger partial charge is 0.493 e. The number of aliphatic imine (C=N–C) groups is 1. The number of rotatable bonds is 2. The minimum atomic E-state index is -0.225. The van der Waals surface area contributed by atoms with E-state index in [-0.39, 0.29) is 29.1 Å². The van der Waals surface area contributed by atoms with E-state index < -0.39 is 0 Å². The smallest absolute Gasteiger partial charge is 0.253 e. The van der Waals surface area contributed by atoms with E-state index in [1.165, 1.54) is 11.1 Å². The number of nitrogens with zero attached hydrogens (tertiary/aromatic N) is 1. The first-order valence-electron chi connectivity index (χ1n) is 6.81. The summed E-state index contributed by atoms with van der Waals surface area (Å²) in [6, 6.07) is 6.05. The molecule has 1 fully saturated rings. The Morgan fingerprint density at radius 2 is 2.15 bits per heavy atom. The molecule has 1 aromatic carbocycles. The molecule has 20 heavy (non-hydrogen) atoms. The highest BCUT2D eigenvalue weighted by atomic mass is 16.5. The average Bonchev–Trinajstić information content (AvgIpc) is 2.73. The molecule has 0 radical (unpaired) electrons. The summed E-state index contributed by atoms with van der Waals surface area (Å²) >= 11 is 0. The van der Waals surface area contributed by atoms with Crippen molar-refractivity contribution < 1.29 is 9.53 Å². The van der Waals surface area contributed by atoms with E-state index in [9.17, 15) is 4.79 Å². The fourth-order valence-electron chi connectivity index (χ4n) is 3.42. The van der Waals surface area contributed by atoms with Crippen LogP contribution in [0.1, 0.15) is 30.9 Å². The van der Waals surface area contributed by atoms with Crippen molar-refractivity contribution >= 4 is 11.9 Å². The number of ether oxygens (including phenoxy) is 1. The molecule has 1 heterocycles. The van der Waals surface area contributed by atoms with Crippen LogP contribution in [-0.4, -0.2) is 18.5 Å². The first-order chi connectivity index (χ1) is 9.43. The Hall–Kier alpha value is -2.04. The van der Waals surface area contributed by atoms with Crippen molar-refractivity contribution in [2.45, 2.75) is 26.2 Å². The molecule has 106 valence electrons. The molecule has 0 spiro atoms. The Morgan fingerprint density at radius 1 is 1.40 bits per heavy atom. The third-order valence-corrected chi connectivity index (χ3v) is 4.45. The quantitative estimate of drug-likeness (QED) is 0.625. The number of benzene rings is 1. The van der Waals surface area contributed by atoms with E-state index >= 15 is 0 Å². The molecule has 1 aliphatic heterocycles. The van der Waals surface area contributed by atoms with Crippen molar-refractivity contribution in [1.29, 1.82) is 0 Å². The van der Waals surface area contributed by atoms with Crippen molar-refractivity contribution in [3.8, 4) is 5.75 Å². The number of carbonyl (C=O) groups is 1. The topological polar surface area (TPSA) is 90.7 Å². The number of fused-ring (bicyclic) bond motifs is 1. The number of guanidine groups is 1. The van der Waals surface area contributed by atoms with Crippen molar-refractivity contribution in [2.75, 3.05) is 6.61 Å². The Morgan fingerprint density at radius 3 is 2.85 bits per heavy atom. The molecule has 1 amide bonds. The number of amides is 1. The first-order valence-corrected chi connectivity index (χ1v) is 6.81. The molecule has 0 bridgehead atoms. The predicted molar refractivity (Wildman–Crippen MR) is 76.5 cm³/mol. The van der Waals surface area contributed by atoms with E-state index in [0.717, 1.165) is 12.2 Å². The predicted octanol–water partition coefficient (Wildman–Crippen LogP) is 1.16. The van der Waals surface area contributed by atoms with E-state index in [0.29, 0.717) is 6.61 Å². The van der Waals surface area contributed by atoms with Gasteiger partial charge in [-0.25, -0.2) is 0 Å². The van der Waals surface area contributed by atoms with Crippen LogP contribution >= 0.6 is 0 Å². The standard InChI is InChI=1S/C15H19N3O2/c1-15(2)11(12(15)13(19)18-14(16)17)9-4-3-5-10-8(9)6-7-20-10/h3-5,11-12H,6-7H2,1-2H3,(H4,16,17,18,19)/t11-,12+/m1/s1. The highest BCUT2D eigenvalue weighted by Crippen LogP contribution is 2.66. The zero-order valence-electron chi connectivity index (χ0n) is 11.7. The maximum absolute atomic E-state index is 12.1. The van der Waals surface area contributed by atoms with Gasteiger partial charge in [0.05, 0.1) is 12.5 Å². The second-order valence-electron chi connectivity index (χ2n) is 6.07. The van der Waals surface area contributed by atoms with Gasteiger partial charge >= 0.3 is 0 Å². The lowest BCUT2D eigenvalue weighted by molar-refractivity contribution is -0.119. The molecule has 2 atom stereocenters. The van der Waals surface area contributed by atoms with Crippen LogP contribution in [0.3, 0.4) is 0 Å². The Balaban J connectivity index is 1.94. The maximum atomic E-state index is 12.1. The molecule has 3 rings (SSSR count). The Bertz CT molecular complexity index is 603. The SMILES string of the molecule is CC1(C)[C@H](C(=O)N=C(N)N)[C@H]1c1cccc2c1CCO2. The molecule has 0 unspecified atom stereocenters. The lowest BCUT2D eigenvalue weighted by Gasteiger charge is -2.07. The van der Waals surface area contributed by atoms with Crippen molar-refractivity contribution in [2.24, 2.45) is 27.8 Å². The van der Waals surface area contributed by atoms with Gasteiger partial charge in [0.2, 0.25) is 0 Å². The van der Waals surface area contributed by atoms with Crippen LogP contribution in [0.15, 0.2) is 23.2 Å². The van der Waals surface area contributed by atoms with Crippen LogP contribution in [0, 0.1) is 11.3 Å². The summed E-state index contributed by atoms with van der Waals surface area (Å²) in [6.45, 7) is 4.88. The number of hydrogen-bond donors (Lipinski definition) is 2. The van der Waals surface area contributed by atoms with Gasteiger partial charge in [-0.05, 0) is 17.0 Å². The van der Waals surface area contributed by atoms with Crippen LogP contribution in [0.2, 0.25) is 0 Å². The van der Waals surface area contributed by atoms with Gasteiger partial charge in [-0.15, -0.1) is 0 Å². The highest BCUT2D eigenvalue weighted by Gasteiger charge is 2.63. The van der Waals surface area contributed by atoms with E-state index in [2.05, 4.69) is 24.9 Å². The molecule has 1 saturated carbocycles. The summed E-state index contributed by atoms with van der Waals surface area (Å²) in [5, 5.41) is 0. The normalized spacial score (nSPS) is 25.5. The highest BCUT2D eigenvalue weighted by molar-refractivity contribution is 5.95. The summed E-state index contributed by atoms with van der Waals surface area (Å²) in [5.74, 6) is 0.555. The lowest BCUT2D eigenvalue weighted by atomic mass is 9.96. The molecule has 4 N–H and O–H groups in total. The summed E-state index contributed by atoms with van der Waals surface area (Å²) in [5.41, 5.74) is 12.9. The van der Waals surface area contributed by atoms with Crippen LogP contribution in [0.5, 0.6) is 5.75 Å². The lowest BCUT2D eigenvalue weighted by Crippen LogP contribution is -2.25. The Kier molecular flexibility index (Phi) is 2.74. The molecule has 2 aliphatic rings. The minimum Gasteiger partial charge on any atom is -0.493 e. The molecule has 1 aromatic rings. The number of hydrogen-bond acceptors (Lipinski definition) is 2. The van der Waals surface area contributed by atoms with Gasteiger partial charge in [-0.3, -0.25) is 4.79 Å². The van der Waals surface area contributed by atoms with Crippen LogP contribution < -0.4 is 16.2 Å².